The molecule has 0 spiro atoms. The van der Waals surface area contributed by atoms with Crippen LogP contribution in [0.25, 0.3) is 0 Å². The van der Waals surface area contributed by atoms with Gasteiger partial charge in [0.2, 0.25) is 10.0 Å². The number of sulfonamides is 1. The Balaban J connectivity index is 2.61. The van der Waals surface area contributed by atoms with Crippen LogP contribution in [0.15, 0.2) is 18.3 Å². The van der Waals surface area contributed by atoms with Crippen LogP contribution >= 0.6 is 0 Å². The zero-order chi connectivity index (χ0) is 9.90. The minimum Gasteiger partial charge on any atom is -0.261 e. The minimum atomic E-state index is -3.37. The van der Waals surface area contributed by atoms with Gasteiger partial charge in [0.05, 0.1) is 5.75 Å². The van der Waals surface area contributed by atoms with Gasteiger partial charge in [-0.1, -0.05) is 6.07 Å². The van der Waals surface area contributed by atoms with E-state index in [-0.39, 0.29) is 5.75 Å². The van der Waals surface area contributed by atoms with Crippen LogP contribution in [0, 0.1) is 6.92 Å². The van der Waals surface area contributed by atoms with Crippen LogP contribution in [0.3, 0.4) is 0 Å². The van der Waals surface area contributed by atoms with Crippen molar-refractivity contribution >= 4 is 10.0 Å². The van der Waals surface area contributed by atoms with Crippen molar-refractivity contribution in [1.82, 2.24) is 4.98 Å². The van der Waals surface area contributed by atoms with Gasteiger partial charge in [0.15, 0.2) is 0 Å². The lowest BCUT2D eigenvalue weighted by Crippen LogP contribution is -2.18. The molecule has 0 bridgehead atoms. The highest BCUT2D eigenvalue weighted by Gasteiger charge is 2.03. The zero-order valence-corrected chi connectivity index (χ0v) is 8.21. The fourth-order valence-electron chi connectivity index (χ4n) is 0.893. The number of hydrogen-bond donors (Lipinski definition) is 1. The smallest absolute Gasteiger partial charge is 0.209 e. The summed E-state index contributed by atoms with van der Waals surface area (Å²) in [7, 11) is -3.37. The van der Waals surface area contributed by atoms with E-state index in [9.17, 15) is 8.42 Å². The number of aryl methyl sites for hydroxylation is 2. The summed E-state index contributed by atoms with van der Waals surface area (Å²) in [5.41, 5.74) is 1.80. The molecule has 1 rings (SSSR count). The third-order valence-corrected chi connectivity index (χ3v) is 2.39. The van der Waals surface area contributed by atoms with Crippen molar-refractivity contribution < 1.29 is 8.42 Å². The lowest BCUT2D eigenvalue weighted by molar-refractivity contribution is 0.596. The van der Waals surface area contributed by atoms with Crippen LogP contribution in [0.4, 0.5) is 0 Å². The fraction of sp³-hybridized carbons (Fsp3) is 0.375. The number of primary sulfonamides is 1. The van der Waals surface area contributed by atoms with Crippen LogP contribution < -0.4 is 5.14 Å². The average Bonchev–Trinajstić information content (AvgIpc) is 2.02. The molecular weight excluding hydrogens is 188 g/mol. The Labute approximate surface area is 77.8 Å². The standard InChI is InChI=1S/C8H12N2O2S/c1-7-2-3-8(10-6-7)4-5-13(9,11)12/h2-3,6H,4-5H2,1H3,(H2,9,11,12). The first kappa shape index (κ1) is 10.1. The van der Waals surface area contributed by atoms with E-state index in [1.165, 1.54) is 0 Å². The summed E-state index contributed by atoms with van der Waals surface area (Å²) < 4.78 is 21.2. The first-order chi connectivity index (χ1) is 5.97. The third kappa shape index (κ3) is 4.00. The van der Waals surface area contributed by atoms with Gasteiger partial charge in [0.1, 0.15) is 0 Å². The summed E-state index contributed by atoms with van der Waals surface area (Å²) >= 11 is 0. The molecule has 4 nitrogen and oxygen atoms in total. The highest BCUT2D eigenvalue weighted by molar-refractivity contribution is 7.89. The number of pyridine rings is 1. The predicted molar refractivity (Wildman–Crippen MR) is 50.7 cm³/mol. The van der Waals surface area contributed by atoms with Crippen molar-refractivity contribution in [2.75, 3.05) is 5.75 Å². The molecule has 0 saturated heterocycles. The largest absolute Gasteiger partial charge is 0.261 e. The maximum absolute atomic E-state index is 10.6. The van der Waals surface area contributed by atoms with Gasteiger partial charge in [0.25, 0.3) is 0 Å². The molecule has 0 unspecified atom stereocenters. The van der Waals surface area contributed by atoms with E-state index in [1.54, 1.807) is 12.3 Å². The highest BCUT2D eigenvalue weighted by atomic mass is 32.2. The molecule has 5 heteroatoms. The molecule has 0 saturated carbocycles. The Bertz CT molecular complexity index is 370. The molecule has 2 N–H and O–H groups in total. The number of hydrogen-bond acceptors (Lipinski definition) is 3. The first-order valence-electron chi connectivity index (χ1n) is 3.89. The summed E-state index contributed by atoms with van der Waals surface area (Å²) in [6.45, 7) is 1.93. The van der Waals surface area contributed by atoms with Gasteiger partial charge < -0.3 is 0 Å². The van der Waals surface area contributed by atoms with Crippen molar-refractivity contribution in [3.8, 4) is 0 Å². The lowest BCUT2D eigenvalue weighted by Gasteiger charge is -1.99. The van der Waals surface area contributed by atoms with Crippen LogP contribution in [-0.4, -0.2) is 19.2 Å². The van der Waals surface area contributed by atoms with E-state index in [1.807, 2.05) is 13.0 Å². The molecule has 0 fully saturated rings. The van der Waals surface area contributed by atoms with E-state index in [0.717, 1.165) is 11.3 Å². The quantitative estimate of drug-likeness (QED) is 0.758. The Morgan fingerprint density at radius 1 is 1.46 bits per heavy atom. The second-order valence-corrected chi connectivity index (χ2v) is 4.68. The van der Waals surface area contributed by atoms with Crippen LogP contribution in [0.1, 0.15) is 11.3 Å². The molecule has 0 aliphatic heterocycles. The number of nitrogens with two attached hydrogens (primary N) is 1. The molecule has 0 radical (unpaired) electrons. The van der Waals surface area contributed by atoms with Gasteiger partial charge >= 0.3 is 0 Å². The van der Waals surface area contributed by atoms with Gasteiger partial charge in [-0.3, -0.25) is 4.98 Å². The van der Waals surface area contributed by atoms with Crippen molar-refractivity contribution in [3.63, 3.8) is 0 Å². The zero-order valence-electron chi connectivity index (χ0n) is 7.40. The van der Waals surface area contributed by atoms with Gasteiger partial charge in [0, 0.05) is 18.3 Å². The molecule has 1 heterocycles. The maximum Gasteiger partial charge on any atom is 0.209 e. The molecule has 0 atom stereocenters. The van der Waals surface area contributed by atoms with E-state index in [2.05, 4.69) is 4.98 Å². The Morgan fingerprint density at radius 2 is 2.15 bits per heavy atom. The van der Waals surface area contributed by atoms with Crippen molar-refractivity contribution in [2.45, 2.75) is 13.3 Å². The van der Waals surface area contributed by atoms with Crippen molar-refractivity contribution in [1.29, 1.82) is 0 Å². The predicted octanol–water partition coefficient (Wildman–Crippen LogP) is 0.221. The molecule has 13 heavy (non-hydrogen) atoms. The summed E-state index contributed by atoms with van der Waals surface area (Å²) in [5.74, 6) is -0.0525. The molecule has 0 aliphatic carbocycles. The summed E-state index contributed by atoms with van der Waals surface area (Å²) in [6, 6.07) is 3.70. The third-order valence-electron chi connectivity index (χ3n) is 1.62. The molecular formula is C8H12N2O2S. The van der Waals surface area contributed by atoms with E-state index in [0.29, 0.717) is 6.42 Å². The summed E-state index contributed by atoms with van der Waals surface area (Å²) in [5, 5.41) is 4.86. The minimum absolute atomic E-state index is 0.0525. The van der Waals surface area contributed by atoms with Gasteiger partial charge in [-0.15, -0.1) is 0 Å². The van der Waals surface area contributed by atoms with Crippen LogP contribution in [-0.2, 0) is 16.4 Å². The Morgan fingerprint density at radius 3 is 2.62 bits per heavy atom. The second kappa shape index (κ2) is 3.85. The van der Waals surface area contributed by atoms with Gasteiger partial charge in [-0.05, 0) is 18.6 Å². The van der Waals surface area contributed by atoms with Gasteiger partial charge in [-0.25, -0.2) is 13.6 Å². The highest BCUT2D eigenvalue weighted by Crippen LogP contribution is 1.99. The monoisotopic (exact) mass is 200 g/mol. The Kier molecular flexibility index (Phi) is 3.00. The Hall–Kier alpha value is -0.940. The topological polar surface area (TPSA) is 73.1 Å². The molecule has 1 aromatic heterocycles. The van der Waals surface area contributed by atoms with Gasteiger partial charge in [-0.2, -0.15) is 0 Å². The van der Waals surface area contributed by atoms with E-state index >= 15 is 0 Å². The normalized spacial score (nSPS) is 11.5. The fourth-order valence-corrected chi connectivity index (χ4v) is 1.39. The van der Waals surface area contributed by atoms with Crippen molar-refractivity contribution in [3.05, 3.63) is 29.6 Å². The van der Waals surface area contributed by atoms with E-state index in [4.69, 9.17) is 5.14 Å². The molecule has 0 amide bonds. The van der Waals surface area contributed by atoms with Crippen LogP contribution in [0.5, 0.6) is 0 Å². The van der Waals surface area contributed by atoms with Crippen molar-refractivity contribution in [2.24, 2.45) is 5.14 Å². The summed E-state index contributed by atoms with van der Waals surface area (Å²) in [4.78, 5) is 4.06. The number of rotatable bonds is 3. The molecule has 72 valence electrons. The summed E-state index contributed by atoms with van der Waals surface area (Å²) in [6.07, 6.45) is 2.08. The van der Waals surface area contributed by atoms with E-state index < -0.39 is 10.0 Å². The second-order valence-electron chi connectivity index (χ2n) is 2.94. The molecule has 1 aromatic rings. The molecule has 0 aliphatic rings. The lowest BCUT2D eigenvalue weighted by atomic mass is 10.2. The number of nitrogens with zero attached hydrogens (tertiary/aromatic N) is 1. The average molecular weight is 200 g/mol. The maximum atomic E-state index is 10.6. The van der Waals surface area contributed by atoms with Crippen LogP contribution in [0.2, 0.25) is 0 Å². The number of aromatic nitrogens is 1. The molecule has 0 aromatic carbocycles. The SMILES string of the molecule is Cc1ccc(CCS(N)(=O)=O)nc1. The first-order valence-corrected chi connectivity index (χ1v) is 5.61.